The maximum atomic E-state index is 12.9. The minimum atomic E-state index is -3.76. The SMILES string of the molecule is Cc1ccc(C)c(C(C)NC(=O)C(C)N(c2cc(Cl)cc(Cl)c2)S(C)(=O)=O)c1. The van der Waals surface area contributed by atoms with E-state index in [0.29, 0.717) is 0 Å². The van der Waals surface area contributed by atoms with Crippen LogP contribution in [-0.4, -0.2) is 26.6 Å². The quantitative estimate of drug-likeness (QED) is 0.707. The zero-order chi connectivity index (χ0) is 21.2. The summed E-state index contributed by atoms with van der Waals surface area (Å²) in [5, 5.41) is 3.47. The van der Waals surface area contributed by atoms with Crippen molar-refractivity contribution in [3.63, 3.8) is 0 Å². The van der Waals surface area contributed by atoms with Gasteiger partial charge in [-0.2, -0.15) is 0 Å². The first-order valence-electron chi connectivity index (χ1n) is 8.73. The number of hydrogen-bond donors (Lipinski definition) is 1. The third kappa shape index (κ3) is 5.40. The van der Waals surface area contributed by atoms with Crippen LogP contribution in [0.5, 0.6) is 0 Å². The minimum absolute atomic E-state index is 0.238. The van der Waals surface area contributed by atoms with Crippen LogP contribution in [0.2, 0.25) is 10.0 Å². The summed E-state index contributed by atoms with van der Waals surface area (Å²) in [5.41, 5.74) is 3.35. The van der Waals surface area contributed by atoms with E-state index in [-0.39, 0.29) is 21.8 Å². The Hall–Kier alpha value is -1.76. The Bertz CT molecular complexity index is 973. The monoisotopic (exact) mass is 442 g/mol. The van der Waals surface area contributed by atoms with E-state index < -0.39 is 22.0 Å². The van der Waals surface area contributed by atoms with Crippen molar-refractivity contribution in [2.24, 2.45) is 0 Å². The van der Waals surface area contributed by atoms with Crippen molar-refractivity contribution in [3.05, 3.63) is 63.1 Å². The fourth-order valence-electron chi connectivity index (χ4n) is 3.11. The number of amides is 1. The number of rotatable bonds is 6. The van der Waals surface area contributed by atoms with E-state index in [1.807, 2.05) is 39.0 Å². The molecule has 0 bridgehead atoms. The molecule has 0 saturated heterocycles. The Morgan fingerprint density at radius 2 is 1.61 bits per heavy atom. The van der Waals surface area contributed by atoms with Crippen LogP contribution in [0.25, 0.3) is 0 Å². The fraction of sp³-hybridized carbons (Fsp3) is 0.350. The lowest BCUT2D eigenvalue weighted by Gasteiger charge is -2.29. The number of halogens is 2. The Morgan fingerprint density at radius 3 is 2.14 bits per heavy atom. The summed E-state index contributed by atoms with van der Waals surface area (Å²) in [5.74, 6) is -0.421. The van der Waals surface area contributed by atoms with Gasteiger partial charge in [-0.3, -0.25) is 9.10 Å². The van der Waals surface area contributed by atoms with Crippen LogP contribution in [0.1, 0.15) is 36.6 Å². The zero-order valence-electron chi connectivity index (χ0n) is 16.5. The molecule has 28 heavy (non-hydrogen) atoms. The number of hydrogen-bond acceptors (Lipinski definition) is 3. The Kier molecular flexibility index (Phi) is 7.02. The van der Waals surface area contributed by atoms with Gasteiger partial charge < -0.3 is 5.32 Å². The summed E-state index contributed by atoms with van der Waals surface area (Å²) < 4.78 is 25.9. The van der Waals surface area contributed by atoms with Crippen molar-refractivity contribution >= 4 is 44.8 Å². The van der Waals surface area contributed by atoms with Gasteiger partial charge in [0.15, 0.2) is 0 Å². The van der Waals surface area contributed by atoms with Gasteiger partial charge in [-0.1, -0.05) is 47.0 Å². The molecule has 0 saturated carbocycles. The Labute approximate surface area is 176 Å². The van der Waals surface area contributed by atoms with Crippen molar-refractivity contribution in [2.45, 2.75) is 39.8 Å². The summed E-state index contributed by atoms with van der Waals surface area (Å²) in [7, 11) is -3.76. The molecule has 1 N–H and O–H groups in total. The lowest BCUT2D eigenvalue weighted by molar-refractivity contribution is -0.122. The second kappa shape index (κ2) is 8.72. The largest absolute Gasteiger partial charge is 0.348 e. The fourth-order valence-corrected chi connectivity index (χ4v) is 4.79. The van der Waals surface area contributed by atoms with Crippen molar-refractivity contribution in [1.29, 1.82) is 0 Å². The summed E-state index contributed by atoms with van der Waals surface area (Å²) in [6, 6.07) is 9.17. The second-order valence-corrected chi connectivity index (χ2v) is 9.69. The standard InChI is InChI=1S/C20H24Cl2N2O3S/c1-12-6-7-13(2)19(8-12)14(3)23-20(25)15(4)24(28(5,26)27)18-10-16(21)9-17(22)11-18/h6-11,14-15H,1-5H3,(H,23,25). The molecule has 152 valence electrons. The van der Waals surface area contributed by atoms with Crippen LogP contribution < -0.4 is 9.62 Å². The Balaban J connectivity index is 2.32. The predicted molar refractivity (Wildman–Crippen MR) is 116 cm³/mol. The van der Waals surface area contributed by atoms with Gasteiger partial charge in [0.2, 0.25) is 15.9 Å². The highest BCUT2D eigenvalue weighted by atomic mass is 35.5. The minimum Gasteiger partial charge on any atom is -0.348 e. The molecule has 2 unspecified atom stereocenters. The van der Waals surface area contributed by atoms with Gasteiger partial charge in [-0.05, 0) is 57.0 Å². The lowest BCUT2D eigenvalue weighted by atomic mass is 10.00. The summed E-state index contributed by atoms with van der Waals surface area (Å²) in [6.07, 6.45) is 1.04. The molecule has 2 aromatic carbocycles. The van der Waals surface area contributed by atoms with Crippen LogP contribution in [0, 0.1) is 13.8 Å². The number of aryl methyl sites for hydroxylation is 2. The predicted octanol–water partition coefficient (Wildman–Crippen LogP) is 4.64. The highest BCUT2D eigenvalue weighted by Gasteiger charge is 2.30. The first kappa shape index (κ1) is 22.5. The number of anilines is 1. The van der Waals surface area contributed by atoms with E-state index in [0.717, 1.165) is 27.3 Å². The van der Waals surface area contributed by atoms with E-state index in [4.69, 9.17) is 23.2 Å². The molecule has 5 nitrogen and oxygen atoms in total. The molecular formula is C20H24Cl2N2O3S. The normalized spacial score (nSPS) is 13.7. The third-order valence-electron chi connectivity index (χ3n) is 4.45. The van der Waals surface area contributed by atoms with Crippen molar-refractivity contribution in [3.8, 4) is 0 Å². The number of carbonyl (C=O) groups is 1. The molecule has 8 heteroatoms. The van der Waals surface area contributed by atoms with Crippen molar-refractivity contribution in [2.75, 3.05) is 10.6 Å². The van der Waals surface area contributed by atoms with Gasteiger partial charge >= 0.3 is 0 Å². The maximum Gasteiger partial charge on any atom is 0.244 e. The first-order chi connectivity index (χ1) is 12.9. The first-order valence-corrected chi connectivity index (χ1v) is 11.3. The number of benzene rings is 2. The number of nitrogens with one attached hydrogen (secondary N) is 1. The van der Waals surface area contributed by atoms with Crippen LogP contribution in [-0.2, 0) is 14.8 Å². The molecule has 0 heterocycles. The average molecular weight is 443 g/mol. The van der Waals surface area contributed by atoms with E-state index in [9.17, 15) is 13.2 Å². The molecule has 2 aromatic rings. The molecule has 0 radical (unpaired) electrons. The van der Waals surface area contributed by atoms with Gasteiger partial charge in [0.1, 0.15) is 6.04 Å². The highest BCUT2D eigenvalue weighted by molar-refractivity contribution is 7.92. The molecule has 2 rings (SSSR count). The van der Waals surface area contributed by atoms with E-state index >= 15 is 0 Å². The smallest absolute Gasteiger partial charge is 0.244 e. The molecule has 0 aromatic heterocycles. The van der Waals surface area contributed by atoms with E-state index in [1.54, 1.807) is 0 Å². The number of carbonyl (C=O) groups excluding carboxylic acids is 1. The van der Waals surface area contributed by atoms with Gasteiger partial charge in [-0.15, -0.1) is 0 Å². The van der Waals surface area contributed by atoms with Crippen LogP contribution in [0.4, 0.5) is 5.69 Å². The van der Waals surface area contributed by atoms with Gasteiger partial charge in [-0.25, -0.2) is 8.42 Å². The van der Waals surface area contributed by atoms with Gasteiger partial charge in [0.05, 0.1) is 18.0 Å². The van der Waals surface area contributed by atoms with E-state index in [2.05, 4.69) is 5.32 Å². The molecular weight excluding hydrogens is 419 g/mol. The van der Waals surface area contributed by atoms with Crippen LogP contribution in [0.15, 0.2) is 36.4 Å². The zero-order valence-corrected chi connectivity index (χ0v) is 18.8. The van der Waals surface area contributed by atoms with Gasteiger partial charge in [0, 0.05) is 10.0 Å². The summed E-state index contributed by atoms with van der Waals surface area (Å²) >= 11 is 12.0. The summed E-state index contributed by atoms with van der Waals surface area (Å²) in [6.45, 7) is 7.35. The highest BCUT2D eigenvalue weighted by Crippen LogP contribution is 2.29. The van der Waals surface area contributed by atoms with Gasteiger partial charge in [0.25, 0.3) is 0 Å². The molecule has 0 fully saturated rings. The molecule has 1 amide bonds. The molecule has 0 aliphatic heterocycles. The second-order valence-electron chi connectivity index (χ2n) is 6.95. The van der Waals surface area contributed by atoms with Crippen LogP contribution in [0.3, 0.4) is 0 Å². The van der Waals surface area contributed by atoms with Crippen molar-refractivity contribution < 1.29 is 13.2 Å². The number of nitrogens with zero attached hydrogens (tertiary/aromatic N) is 1. The molecule has 0 aliphatic carbocycles. The molecule has 0 spiro atoms. The topological polar surface area (TPSA) is 66.5 Å². The maximum absolute atomic E-state index is 12.9. The summed E-state index contributed by atoms with van der Waals surface area (Å²) in [4.78, 5) is 12.9. The molecule has 0 aliphatic rings. The van der Waals surface area contributed by atoms with Crippen molar-refractivity contribution in [1.82, 2.24) is 5.32 Å². The average Bonchev–Trinajstić information content (AvgIpc) is 2.54. The Morgan fingerprint density at radius 1 is 1.04 bits per heavy atom. The third-order valence-corrected chi connectivity index (χ3v) is 6.13. The number of sulfonamides is 1. The molecule has 2 atom stereocenters. The lowest BCUT2D eigenvalue weighted by Crippen LogP contribution is -2.48. The van der Waals surface area contributed by atoms with Crippen LogP contribution >= 0.6 is 23.2 Å². The van der Waals surface area contributed by atoms with E-state index in [1.165, 1.54) is 25.1 Å².